The van der Waals surface area contributed by atoms with E-state index in [0.717, 1.165) is 6.54 Å². The summed E-state index contributed by atoms with van der Waals surface area (Å²) in [5.74, 6) is 1.44. The molecule has 88 valence electrons. The molecule has 1 aliphatic rings. The molecular formula is C12H22BrNO. The van der Waals surface area contributed by atoms with Gasteiger partial charge < -0.3 is 4.90 Å². The molecule has 1 heterocycles. The van der Waals surface area contributed by atoms with E-state index in [-0.39, 0.29) is 5.91 Å². The summed E-state index contributed by atoms with van der Waals surface area (Å²) in [5, 5.41) is 0. The minimum atomic E-state index is -0.432. The lowest BCUT2D eigenvalue weighted by atomic mass is 9.85. The van der Waals surface area contributed by atoms with E-state index in [9.17, 15) is 4.79 Å². The maximum Gasteiger partial charge on any atom is 0.239 e. The third kappa shape index (κ3) is 2.96. The first-order chi connectivity index (χ1) is 6.73. The Bertz CT molecular complexity index is 246. The highest BCUT2D eigenvalue weighted by Crippen LogP contribution is 2.30. The van der Waals surface area contributed by atoms with Gasteiger partial charge in [0.2, 0.25) is 5.91 Å². The predicted octanol–water partition coefficient (Wildman–Crippen LogP) is 3.05. The lowest BCUT2D eigenvalue weighted by Crippen LogP contribution is -2.53. The molecule has 0 aromatic heterocycles. The van der Waals surface area contributed by atoms with Gasteiger partial charge in [-0.1, -0.05) is 29.8 Å². The number of halogens is 1. The number of alkyl halides is 1. The SMILES string of the molecule is CC1CC(C)C(C)N(C(=O)C(C)(C)Br)C1. The zero-order chi connectivity index (χ0) is 11.8. The Kier molecular flexibility index (Phi) is 3.85. The van der Waals surface area contributed by atoms with Crippen molar-refractivity contribution in [3.63, 3.8) is 0 Å². The fraction of sp³-hybridized carbons (Fsp3) is 0.917. The Hall–Kier alpha value is -0.0500. The van der Waals surface area contributed by atoms with E-state index in [0.29, 0.717) is 17.9 Å². The predicted molar refractivity (Wildman–Crippen MR) is 67.1 cm³/mol. The molecule has 1 aliphatic heterocycles. The molecule has 1 fully saturated rings. The lowest BCUT2D eigenvalue weighted by molar-refractivity contribution is -0.138. The number of hydrogen-bond acceptors (Lipinski definition) is 1. The average molecular weight is 276 g/mol. The molecule has 0 aromatic carbocycles. The van der Waals surface area contributed by atoms with Gasteiger partial charge in [0.1, 0.15) is 0 Å². The minimum absolute atomic E-state index is 0.216. The zero-order valence-electron chi connectivity index (χ0n) is 10.4. The number of nitrogens with zero attached hydrogens (tertiary/aromatic N) is 1. The first kappa shape index (κ1) is 13.0. The van der Waals surface area contributed by atoms with Crippen LogP contribution in [0.2, 0.25) is 0 Å². The van der Waals surface area contributed by atoms with Crippen LogP contribution in [0.5, 0.6) is 0 Å². The van der Waals surface area contributed by atoms with Gasteiger partial charge in [-0.3, -0.25) is 4.79 Å². The van der Waals surface area contributed by atoms with Crippen molar-refractivity contribution in [2.45, 2.75) is 51.4 Å². The third-order valence-corrected chi connectivity index (χ3v) is 3.71. The maximum atomic E-state index is 12.2. The number of amides is 1. The smallest absolute Gasteiger partial charge is 0.239 e. The molecule has 3 heteroatoms. The largest absolute Gasteiger partial charge is 0.338 e. The van der Waals surface area contributed by atoms with Crippen LogP contribution in [0.15, 0.2) is 0 Å². The summed E-state index contributed by atoms with van der Waals surface area (Å²) in [6.45, 7) is 11.4. The van der Waals surface area contributed by atoms with E-state index in [1.165, 1.54) is 6.42 Å². The number of piperidine rings is 1. The van der Waals surface area contributed by atoms with Crippen molar-refractivity contribution in [3.05, 3.63) is 0 Å². The normalized spacial score (nSPS) is 32.9. The van der Waals surface area contributed by atoms with Crippen molar-refractivity contribution in [2.24, 2.45) is 11.8 Å². The van der Waals surface area contributed by atoms with Crippen molar-refractivity contribution in [1.29, 1.82) is 0 Å². The van der Waals surface area contributed by atoms with Crippen LogP contribution in [0.4, 0.5) is 0 Å². The molecule has 0 aliphatic carbocycles. The molecule has 1 rings (SSSR count). The average Bonchev–Trinajstić information content (AvgIpc) is 2.08. The second-order valence-corrected chi connectivity index (χ2v) is 7.47. The van der Waals surface area contributed by atoms with E-state index in [2.05, 4.69) is 36.7 Å². The number of carbonyl (C=O) groups excluding carboxylic acids is 1. The van der Waals surface area contributed by atoms with E-state index in [1.807, 2.05) is 18.7 Å². The Morgan fingerprint density at radius 1 is 1.33 bits per heavy atom. The molecule has 0 radical (unpaired) electrons. The highest BCUT2D eigenvalue weighted by Gasteiger charge is 2.37. The monoisotopic (exact) mass is 275 g/mol. The Labute approximate surface area is 102 Å². The lowest BCUT2D eigenvalue weighted by Gasteiger charge is -2.43. The third-order valence-electron chi connectivity index (χ3n) is 3.37. The summed E-state index contributed by atoms with van der Waals surface area (Å²) in [6.07, 6.45) is 1.23. The summed E-state index contributed by atoms with van der Waals surface area (Å²) in [4.78, 5) is 14.2. The molecule has 15 heavy (non-hydrogen) atoms. The maximum absolute atomic E-state index is 12.2. The van der Waals surface area contributed by atoms with Gasteiger partial charge in [-0.2, -0.15) is 0 Å². The van der Waals surface area contributed by atoms with Crippen LogP contribution in [0.25, 0.3) is 0 Å². The number of hydrogen-bond donors (Lipinski definition) is 0. The molecule has 0 N–H and O–H groups in total. The fourth-order valence-corrected chi connectivity index (χ4v) is 2.55. The Morgan fingerprint density at radius 2 is 1.87 bits per heavy atom. The zero-order valence-corrected chi connectivity index (χ0v) is 12.0. The van der Waals surface area contributed by atoms with Crippen LogP contribution in [0, 0.1) is 11.8 Å². The van der Waals surface area contributed by atoms with Crippen molar-refractivity contribution < 1.29 is 4.79 Å². The highest BCUT2D eigenvalue weighted by molar-refractivity contribution is 9.10. The number of rotatable bonds is 1. The minimum Gasteiger partial charge on any atom is -0.338 e. The van der Waals surface area contributed by atoms with Crippen molar-refractivity contribution in [2.75, 3.05) is 6.54 Å². The first-order valence-corrected chi connectivity index (χ1v) is 6.52. The summed E-state index contributed by atoms with van der Waals surface area (Å²) in [6, 6.07) is 0.366. The number of likely N-dealkylation sites (tertiary alicyclic amines) is 1. The molecule has 2 nitrogen and oxygen atoms in total. The van der Waals surface area contributed by atoms with Gasteiger partial charge in [-0.15, -0.1) is 0 Å². The summed E-state index contributed by atoms with van der Waals surface area (Å²) in [5.41, 5.74) is 0. The molecule has 3 unspecified atom stereocenters. The van der Waals surface area contributed by atoms with Crippen LogP contribution >= 0.6 is 15.9 Å². The van der Waals surface area contributed by atoms with E-state index in [1.54, 1.807) is 0 Å². The molecule has 0 bridgehead atoms. The molecule has 0 saturated carbocycles. The van der Waals surface area contributed by atoms with Crippen molar-refractivity contribution in [1.82, 2.24) is 4.90 Å². The second-order valence-electron chi connectivity index (χ2n) is 5.49. The topological polar surface area (TPSA) is 20.3 Å². The summed E-state index contributed by atoms with van der Waals surface area (Å²) >= 11 is 3.46. The summed E-state index contributed by atoms with van der Waals surface area (Å²) < 4.78 is -0.432. The van der Waals surface area contributed by atoms with Gasteiger partial charge in [-0.05, 0) is 39.0 Å². The molecular weight excluding hydrogens is 254 g/mol. The molecule has 3 atom stereocenters. The van der Waals surface area contributed by atoms with E-state index >= 15 is 0 Å². The van der Waals surface area contributed by atoms with Gasteiger partial charge in [0.15, 0.2) is 0 Å². The Morgan fingerprint density at radius 3 is 2.33 bits per heavy atom. The van der Waals surface area contributed by atoms with Gasteiger partial charge in [0.25, 0.3) is 0 Å². The van der Waals surface area contributed by atoms with E-state index < -0.39 is 4.32 Å². The molecule has 1 saturated heterocycles. The van der Waals surface area contributed by atoms with Gasteiger partial charge in [-0.25, -0.2) is 0 Å². The fourth-order valence-electron chi connectivity index (χ4n) is 2.32. The molecule has 1 amide bonds. The van der Waals surface area contributed by atoms with Crippen LogP contribution in [-0.4, -0.2) is 27.7 Å². The quantitative estimate of drug-likeness (QED) is 0.674. The number of carbonyl (C=O) groups is 1. The standard InChI is InChI=1S/C12H22BrNO/c1-8-6-9(2)10(3)14(7-8)11(15)12(4,5)13/h8-10H,6-7H2,1-5H3. The van der Waals surface area contributed by atoms with Gasteiger partial charge >= 0.3 is 0 Å². The highest BCUT2D eigenvalue weighted by atomic mass is 79.9. The van der Waals surface area contributed by atoms with Crippen LogP contribution in [0.1, 0.15) is 41.0 Å². The second kappa shape index (κ2) is 4.44. The molecule has 0 spiro atoms. The van der Waals surface area contributed by atoms with Crippen LogP contribution in [-0.2, 0) is 4.79 Å². The Balaban J connectivity index is 2.80. The van der Waals surface area contributed by atoms with Gasteiger partial charge in [0, 0.05) is 12.6 Å². The van der Waals surface area contributed by atoms with Gasteiger partial charge in [0.05, 0.1) is 4.32 Å². The first-order valence-electron chi connectivity index (χ1n) is 5.73. The van der Waals surface area contributed by atoms with Crippen LogP contribution < -0.4 is 0 Å². The molecule has 0 aromatic rings. The van der Waals surface area contributed by atoms with Crippen LogP contribution in [0.3, 0.4) is 0 Å². The summed E-state index contributed by atoms with van der Waals surface area (Å²) in [7, 11) is 0. The van der Waals surface area contributed by atoms with Crippen molar-refractivity contribution >= 4 is 21.8 Å². The van der Waals surface area contributed by atoms with E-state index in [4.69, 9.17) is 0 Å². The van der Waals surface area contributed by atoms with Crippen molar-refractivity contribution in [3.8, 4) is 0 Å².